The summed E-state index contributed by atoms with van der Waals surface area (Å²) in [6.45, 7) is 1.87. The molecule has 1 aliphatic rings. The van der Waals surface area contributed by atoms with Crippen molar-refractivity contribution >= 4 is 17.5 Å². The predicted molar refractivity (Wildman–Crippen MR) is 98.3 cm³/mol. The Balaban J connectivity index is 1.46. The highest BCUT2D eigenvalue weighted by atomic mass is 19.1. The minimum atomic E-state index is -0.334. The maximum Gasteiger partial charge on any atom is 0.253 e. The lowest BCUT2D eigenvalue weighted by molar-refractivity contribution is -0.119. The fourth-order valence-electron chi connectivity index (χ4n) is 2.91. The second-order valence-corrected chi connectivity index (χ2v) is 6.30. The average molecular weight is 355 g/mol. The van der Waals surface area contributed by atoms with Crippen molar-refractivity contribution in [2.24, 2.45) is 0 Å². The number of rotatable bonds is 6. The number of hydrogen-bond acceptors (Lipinski definition) is 3. The van der Waals surface area contributed by atoms with E-state index in [1.165, 1.54) is 6.07 Å². The molecule has 1 aliphatic heterocycles. The molecule has 0 aromatic heterocycles. The monoisotopic (exact) mass is 355 g/mol. The molecular weight excluding hydrogens is 333 g/mol. The first-order valence-electron chi connectivity index (χ1n) is 8.77. The van der Waals surface area contributed by atoms with E-state index in [2.05, 4.69) is 10.6 Å². The predicted octanol–water partition coefficient (Wildman–Crippen LogP) is 2.79. The Morgan fingerprint density at radius 1 is 1.00 bits per heavy atom. The first-order valence-corrected chi connectivity index (χ1v) is 8.77. The molecule has 5 nitrogen and oxygen atoms in total. The van der Waals surface area contributed by atoms with E-state index < -0.39 is 0 Å². The van der Waals surface area contributed by atoms with Gasteiger partial charge in [0.25, 0.3) is 5.91 Å². The standard InChI is InChI=1S/C20H22FN3O2/c21-18-6-2-1-5-16(18)13-23-19(25)14-22-17-9-7-15(8-10-17)20(26)24-11-3-4-12-24/h1-2,5-10,22H,3-4,11-14H2,(H,23,25). The summed E-state index contributed by atoms with van der Waals surface area (Å²) in [6.07, 6.45) is 2.13. The highest BCUT2D eigenvalue weighted by Crippen LogP contribution is 2.15. The van der Waals surface area contributed by atoms with Crippen molar-refractivity contribution in [3.8, 4) is 0 Å². The summed E-state index contributed by atoms with van der Waals surface area (Å²) in [7, 11) is 0. The van der Waals surface area contributed by atoms with Gasteiger partial charge >= 0.3 is 0 Å². The summed E-state index contributed by atoms with van der Waals surface area (Å²) in [6, 6.07) is 13.4. The number of hydrogen-bond donors (Lipinski definition) is 2. The molecule has 0 atom stereocenters. The van der Waals surface area contributed by atoms with Crippen molar-refractivity contribution in [3.63, 3.8) is 0 Å². The van der Waals surface area contributed by atoms with E-state index in [0.29, 0.717) is 11.1 Å². The van der Waals surface area contributed by atoms with E-state index in [4.69, 9.17) is 0 Å². The highest BCUT2D eigenvalue weighted by Gasteiger charge is 2.19. The topological polar surface area (TPSA) is 61.4 Å². The van der Waals surface area contributed by atoms with Crippen LogP contribution in [0.2, 0.25) is 0 Å². The Labute approximate surface area is 152 Å². The minimum Gasteiger partial charge on any atom is -0.376 e. The van der Waals surface area contributed by atoms with E-state index >= 15 is 0 Å². The van der Waals surface area contributed by atoms with Crippen LogP contribution in [0.4, 0.5) is 10.1 Å². The van der Waals surface area contributed by atoms with Crippen LogP contribution in [0.1, 0.15) is 28.8 Å². The van der Waals surface area contributed by atoms with Gasteiger partial charge in [0, 0.05) is 36.4 Å². The summed E-state index contributed by atoms with van der Waals surface area (Å²) in [5, 5.41) is 5.67. The number of amides is 2. The molecule has 0 aliphatic carbocycles. The molecule has 26 heavy (non-hydrogen) atoms. The Morgan fingerprint density at radius 3 is 2.38 bits per heavy atom. The lowest BCUT2D eigenvalue weighted by Crippen LogP contribution is -2.29. The summed E-state index contributed by atoms with van der Waals surface area (Å²) >= 11 is 0. The van der Waals surface area contributed by atoms with Crippen molar-refractivity contribution in [1.29, 1.82) is 0 Å². The van der Waals surface area contributed by atoms with Crippen molar-refractivity contribution in [2.75, 3.05) is 25.0 Å². The van der Waals surface area contributed by atoms with Crippen molar-refractivity contribution in [3.05, 3.63) is 65.5 Å². The number of nitrogens with one attached hydrogen (secondary N) is 2. The van der Waals surface area contributed by atoms with Crippen LogP contribution in [0.15, 0.2) is 48.5 Å². The minimum absolute atomic E-state index is 0.0525. The summed E-state index contributed by atoms with van der Waals surface area (Å²) < 4.78 is 13.5. The number of benzene rings is 2. The van der Waals surface area contributed by atoms with Gasteiger partial charge < -0.3 is 15.5 Å². The molecular formula is C20H22FN3O2. The van der Waals surface area contributed by atoms with Crippen LogP contribution in [0.3, 0.4) is 0 Å². The van der Waals surface area contributed by atoms with E-state index in [0.717, 1.165) is 31.6 Å². The van der Waals surface area contributed by atoms with Gasteiger partial charge in [0.05, 0.1) is 6.54 Å². The number of likely N-dealkylation sites (tertiary alicyclic amines) is 1. The molecule has 136 valence electrons. The largest absolute Gasteiger partial charge is 0.376 e. The van der Waals surface area contributed by atoms with Crippen molar-refractivity contribution < 1.29 is 14.0 Å². The van der Waals surface area contributed by atoms with Crippen LogP contribution in [0, 0.1) is 5.82 Å². The lowest BCUT2D eigenvalue weighted by atomic mass is 10.2. The van der Waals surface area contributed by atoms with E-state index in [9.17, 15) is 14.0 Å². The first kappa shape index (κ1) is 17.9. The molecule has 1 saturated heterocycles. The van der Waals surface area contributed by atoms with Crippen LogP contribution in [0.5, 0.6) is 0 Å². The van der Waals surface area contributed by atoms with E-state index in [1.807, 2.05) is 4.90 Å². The highest BCUT2D eigenvalue weighted by molar-refractivity contribution is 5.94. The third kappa shape index (κ3) is 4.59. The van der Waals surface area contributed by atoms with Gasteiger partial charge in [0.2, 0.25) is 5.91 Å². The smallest absolute Gasteiger partial charge is 0.253 e. The molecule has 2 aromatic rings. The van der Waals surface area contributed by atoms with Crippen LogP contribution in [-0.2, 0) is 11.3 Å². The van der Waals surface area contributed by atoms with Gasteiger partial charge in [-0.25, -0.2) is 4.39 Å². The Kier molecular flexibility index (Phi) is 5.84. The van der Waals surface area contributed by atoms with Gasteiger partial charge in [-0.2, -0.15) is 0 Å². The molecule has 2 N–H and O–H groups in total. The summed E-state index contributed by atoms with van der Waals surface area (Å²) in [4.78, 5) is 26.0. The maximum absolute atomic E-state index is 13.5. The Morgan fingerprint density at radius 2 is 1.69 bits per heavy atom. The van der Waals surface area contributed by atoms with Crippen LogP contribution < -0.4 is 10.6 Å². The number of anilines is 1. The normalized spacial score (nSPS) is 13.5. The molecule has 1 heterocycles. The van der Waals surface area contributed by atoms with Crippen LogP contribution in [-0.4, -0.2) is 36.3 Å². The molecule has 0 unspecified atom stereocenters. The fourth-order valence-corrected chi connectivity index (χ4v) is 2.91. The molecule has 2 aromatic carbocycles. The zero-order valence-electron chi connectivity index (χ0n) is 14.5. The lowest BCUT2D eigenvalue weighted by Gasteiger charge is -2.15. The Bertz CT molecular complexity index is 771. The Hall–Kier alpha value is -2.89. The molecule has 1 fully saturated rings. The number of halogens is 1. The second kappa shape index (κ2) is 8.47. The first-order chi connectivity index (χ1) is 12.6. The second-order valence-electron chi connectivity index (χ2n) is 6.30. The fraction of sp³-hybridized carbons (Fsp3) is 0.300. The maximum atomic E-state index is 13.5. The quantitative estimate of drug-likeness (QED) is 0.838. The summed E-state index contributed by atoms with van der Waals surface area (Å²) in [5.41, 5.74) is 1.86. The third-order valence-corrected chi connectivity index (χ3v) is 4.41. The van der Waals surface area contributed by atoms with Crippen LogP contribution >= 0.6 is 0 Å². The van der Waals surface area contributed by atoms with E-state index in [-0.39, 0.29) is 30.7 Å². The zero-order valence-corrected chi connectivity index (χ0v) is 14.5. The zero-order chi connectivity index (χ0) is 18.4. The summed E-state index contributed by atoms with van der Waals surface area (Å²) in [5.74, 6) is -0.513. The van der Waals surface area contributed by atoms with Crippen LogP contribution in [0.25, 0.3) is 0 Å². The number of carbonyl (C=O) groups excluding carboxylic acids is 2. The molecule has 0 saturated carbocycles. The molecule has 2 amide bonds. The third-order valence-electron chi connectivity index (χ3n) is 4.41. The number of carbonyl (C=O) groups is 2. The van der Waals surface area contributed by atoms with Gasteiger partial charge in [-0.15, -0.1) is 0 Å². The van der Waals surface area contributed by atoms with Gasteiger partial charge in [0.1, 0.15) is 5.82 Å². The van der Waals surface area contributed by atoms with Gasteiger partial charge in [-0.05, 0) is 43.2 Å². The van der Waals surface area contributed by atoms with Crippen molar-refractivity contribution in [2.45, 2.75) is 19.4 Å². The number of nitrogens with zero attached hydrogens (tertiary/aromatic N) is 1. The van der Waals surface area contributed by atoms with Crippen molar-refractivity contribution in [1.82, 2.24) is 10.2 Å². The molecule has 6 heteroatoms. The molecule has 0 bridgehead atoms. The molecule has 0 radical (unpaired) electrons. The molecule has 3 rings (SSSR count). The van der Waals surface area contributed by atoms with E-state index in [1.54, 1.807) is 42.5 Å². The van der Waals surface area contributed by atoms with Gasteiger partial charge in [-0.1, -0.05) is 18.2 Å². The average Bonchev–Trinajstić information content (AvgIpc) is 3.20. The van der Waals surface area contributed by atoms with Gasteiger partial charge in [-0.3, -0.25) is 9.59 Å². The molecule has 0 spiro atoms. The SMILES string of the molecule is O=C(CNc1ccc(C(=O)N2CCCC2)cc1)NCc1ccccc1F. The van der Waals surface area contributed by atoms with Gasteiger partial charge in [0.15, 0.2) is 0 Å².